The molecule has 0 radical (unpaired) electrons. The maximum Gasteiger partial charge on any atom is 0.279 e. The highest BCUT2D eigenvalue weighted by atomic mass is 28.3. The van der Waals surface area contributed by atoms with Crippen molar-refractivity contribution >= 4 is 52.6 Å². The Morgan fingerprint density at radius 1 is 0.779 bits per heavy atom. The third-order valence-electron chi connectivity index (χ3n) is 15.0. The average Bonchev–Trinajstić information content (AvgIpc) is 4.05. The first-order valence-corrected chi connectivity index (χ1v) is 26.2. The second kappa shape index (κ2) is 16.5. The molecule has 6 aromatic carbocycles. The summed E-state index contributed by atoms with van der Waals surface area (Å²) in [5.74, 6) is -0.148. The number of anilines is 1. The van der Waals surface area contributed by atoms with E-state index in [0.717, 1.165) is 27.6 Å². The molecule has 0 aliphatic carbocycles. The van der Waals surface area contributed by atoms with Gasteiger partial charge in [-0.3, -0.25) is 29.4 Å². The Balaban J connectivity index is 1.04. The van der Waals surface area contributed by atoms with Crippen molar-refractivity contribution in [3.05, 3.63) is 182 Å². The summed E-state index contributed by atoms with van der Waals surface area (Å²) in [5.41, 5.74) is 4.49. The maximum atomic E-state index is 16.0. The summed E-state index contributed by atoms with van der Waals surface area (Å²) in [6, 6.07) is 43.6. The number of carbonyl (C=O) groups is 2. The predicted molar refractivity (Wildman–Crippen MR) is 265 cm³/mol. The van der Waals surface area contributed by atoms with E-state index in [-0.39, 0.29) is 48.0 Å². The zero-order valence-corrected chi connectivity index (χ0v) is 39.3. The highest BCUT2D eigenvalue weighted by Gasteiger charge is 2.66. The number of aliphatic hydroxyl groups is 1. The Labute approximate surface area is 393 Å². The summed E-state index contributed by atoms with van der Waals surface area (Å²) in [5, 5.41) is 19.4. The Bertz CT molecular complexity index is 3410. The highest BCUT2D eigenvalue weighted by Crippen LogP contribution is 2.60. The van der Waals surface area contributed by atoms with Crippen LogP contribution in [0.4, 0.5) is 5.69 Å². The fraction of sp³-hybridized carbons (Fsp3) is 0.259. The van der Waals surface area contributed by atoms with Gasteiger partial charge in [-0.25, -0.2) is 9.36 Å². The number of aromatic amines is 2. The van der Waals surface area contributed by atoms with Gasteiger partial charge in [0.2, 0.25) is 5.91 Å². The molecule has 3 aliphatic heterocycles. The fourth-order valence-corrected chi connectivity index (χ4v) is 15.6. The quantitative estimate of drug-likeness (QED) is 0.124. The average molecular weight is 925 g/mol. The third-order valence-corrected chi connectivity index (χ3v) is 19.4. The van der Waals surface area contributed by atoms with Crippen LogP contribution >= 0.6 is 0 Å². The number of para-hydroxylation sites is 2. The number of H-pyrrole nitrogens is 2. The van der Waals surface area contributed by atoms with Crippen LogP contribution in [-0.4, -0.2) is 75.3 Å². The number of aromatic nitrogens is 4. The zero-order valence-electron chi connectivity index (χ0n) is 38.3. The van der Waals surface area contributed by atoms with E-state index in [1.807, 2.05) is 109 Å². The van der Waals surface area contributed by atoms with Crippen LogP contribution < -0.4 is 25.9 Å². The van der Waals surface area contributed by atoms with E-state index < -0.39 is 31.7 Å². The van der Waals surface area contributed by atoms with Gasteiger partial charge in [-0.1, -0.05) is 98.0 Å². The van der Waals surface area contributed by atoms with Crippen LogP contribution in [0.2, 0.25) is 18.6 Å². The number of methoxy groups -OCH3 is 1. The van der Waals surface area contributed by atoms with Crippen LogP contribution in [0.5, 0.6) is 5.75 Å². The number of hydrogen-bond acceptors (Lipinski definition) is 7. The van der Waals surface area contributed by atoms with Crippen molar-refractivity contribution in [2.75, 3.05) is 18.6 Å². The number of rotatable bonds is 10. The largest absolute Gasteiger partial charge is 0.497 e. The van der Waals surface area contributed by atoms with Gasteiger partial charge < -0.3 is 24.4 Å². The molecule has 2 aromatic heterocycles. The molecule has 3 aliphatic rings. The number of nitrogens with zero attached hydrogens (tertiary/aromatic N) is 4. The molecular weight excluding hydrogens is 873 g/mol. The van der Waals surface area contributed by atoms with Crippen molar-refractivity contribution in [2.24, 2.45) is 5.92 Å². The minimum absolute atomic E-state index is 0.00686. The Morgan fingerprint density at radius 3 is 2.06 bits per heavy atom. The first-order chi connectivity index (χ1) is 32.9. The molecule has 13 nitrogen and oxygen atoms in total. The van der Waals surface area contributed by atoms with Gasteiger partial charge in [-0.05, 0) is 95.4 Å². The van der Waals surface area contributed by atoms with Crippen LogP contribution in [0.1, 0.15) is 35.6 Å². The molecule has 0 bridgehead atoms. The highest BCUT2D eigenvalue weighted by molar-refractivity contribution is 6.91. The Hall–Kier alpha value is -7.26. The molecule has 8 aromatic rings. The molecule has 68 heavy (non-hydrogen) atoms. The molecule has 5 atom stereocenters. The third kappa shape index (κ3) is 6.80. The molecule has 11 rings (SSSR count). The van der Waals surface area contributed by atoms with E-state index in [1.165, 1.54) is 9.36 Å². The van der Waals surface area contributed by atoms with Gasteiger partial charge in [-0.2, -0.15) is 0 Å². The van der Waals surface area contributed by atoms with Gasteiger partial charge in [0.15, 0.2) is 5.60 Å². The van der Waals surface area contributed by atoms with E-state index >= 15 is 4.79 Å². The minimum atomic E-state index is -2.69. The van der Waals surface area contributed by atoms with Gasteiger partial charge in [0.25, 0.3) is 17.0 Å². The predicted octanol–water partition coefficient (Wildman–Crippen LogP) is 7.06. The number of amides is 2. The molecule has 1 fully saturated rings. The molecular formula is C54H52N6O7Si. The normalized spacial score (nSPS) is 21.2. The summed E-state index contributed by atoms with van der Waals surface area (Å²) in [6.07, 6.45) is -0.175. The van der Waals surface area contributed by atoms with Crippen LogP contribution in [0.15, 0.2) is 149 Å². The summed E-state index contributed by atoms with van der Waals surface area (Å²) in [4.78, 5) is 62.0. The standard InChI is InChI=1S/C54H52N6O7Si/c1-33-50(68(3,4)41-23-21-40(66-2)22-24-41)48(29-49(62)57-31-36-14-6-5-13-35(36)27-39(57)32-61)67-54(33)44-28-38(60-52(64)43-17-8-10-19-46(43)56-60)20-25-47(44)58(53(54)65)30-34-12-11-15-37(26-34)59-51(63)42-16-7-9-18-45(42)55-59/h5-26,28,33,39,48,50,55-56,61H,27,29-32H2,1-4H3/t33-,39+,48+,50-,54+/m1/s1. The number of hydrogen-bond donors (Lipinski definition) is 3. The van der Waals surface area contributed by atoms with Crippen LogP contribution in [0.3, 0.4) is 0 Å². The van der Waals surface area contributed by atoms with Gasteiger partial charge in [-0.15, -0.1) is 0 Å². The Kier molecular flexibility index (Phi) is 10.5. The molecule has 0 saturated carbocycles. The van der Waals surface area contributed by atoms with Crippen LogP contribution in [0, 0.1) is 5.92 Å². The summed E-state index contributed by atoms with van der Waals surface area (Å²) < 4.78 is 16.1. The molecule has 1 saturated heterocycles. The second-order valence-electron chi connectivity index (χ2n) is 19.1. The first-order valence-electron chi connectivity index (χ1n) is 23.2. The zero-order chi connectivity index (χ0) is 47.1. The fourth-order valence-electron chi connectivity index (χ4n) is 11.6. The van der Waals surface area contributed by atoms with Crippen molar-refractivity contribution in [1.82, 2.24) is 24.5 Å². The molecule has 1 spiro atoms. The molecule has 344 valence electrons. The van der Waals surface area contributed by atoms with Crippen molar-refractivity contribution in [2.45, 2.75) is 69.2 Å². The van der Waals surface area contributed by atoms with E-state index in [2.05, 4.69) is 48.4 Å². The lowest BCUT2D eigenvalue weighted by molar-refractivity contribution is -0.151. The smallest absolute Gasteiger partial charge is 0.279 e. The maximum absolute atomic E-state index is 16.0. The lowest BCUT2D eigenvalue weighted by Crippen LogP contribution is -2.52. The molecule has 5 heterocycles. The van der Waals surface area contributed by atoms with Crippen molar-refractivity contribution < 1.29 is 24.2 Å². The lowest BCUT2D eigenvalue weighted by atomic mass is 9.82. The second-order valence-corrected chi connectivity index (χ2v) is 23.7. The van der Waals surface area contributed by atoms with Crippen LogP contribution in [-0.2, 0) is 39.4 Å². The number of nitrogens with one attached hydrogen (secondary N) is 2. The van der Waals surface area contributed by atoms with Gasteiger partial charge in [0.1, 0.15) is 5.75 Å². The van der Waals surface area contributed by atoms with E-state index in [1.54, 1.807) is 29.0 Å². The molecule has 14 heteroatoms. The van der Waals surface area contributed by atoms with Crippen molar-refractivity contribution in [3.8, 4) is 17.1 Å². The molecule has 0 unspecified atom stereocenters. The minimum Gasteiger partial charge on any atom is -0.497 e. The summed E-state index contributed by atoms with van der Waals surface area (Å²) >= 11 is 0. The van der Waals surface area contributed by atoms with Crippen molar-refractivity contribution in [3.63, 3.8) is 0 Å². The lowest BCUT2D eigenvalue weighted by Gasteiger charge is -2.39. The number of fused-ring (bicyclic) bond motifs is 5. The van der Waals surface area contributed by atoms with Crippen LogP contribution in [0.25, 0.3) is 33.2 Å². The van der Waals surface area contributed by atoms with E-state index in [4.69, 9.17) is 9.47 Å². The Morgan fingerprint density at radius 2 is 1.41 bits per heavy atom. The summed E-state index contributed by atoms with van der Waals surface area (Å²) in [7, 11) is -1.05. The van der Waals surface area contributed by atoms with Gasteiger partial charge in [0.05, 0.1) is 85.8 Å². The van der Waals surface area contributed by atoms with E-state index in [9.17, 15) is 19.5 Å². The number of ether oxygens (including phenoxy) is 2. The monoisotopic (exact) mass is 924 g/mol. The van der Waals surface area contributed by atoms with Gasteiger partial charge in [0, 0.05) is 18.0 Å². The van der Waals surface area contributed by atoms with E-state index in [0.29, 0.717) is 57.4 Å². The first kappa shape index (κ1) is 43.3. The topological polar surface area (TPSA) is 155 Å². The number of aliphatic hydroxyl groups excluding tert-OH is 1. The molecule has 3 N–H and O–H groups in total. The van der Waals surface area contributed by atoms with Gasteiger partial charge >= 0.3 is 0 Å². The number of benzene rings is 6. The summed E-state index contributed by atoms with van der Waals surface area (Å²) in [6.45, 7) is 6.96. The SMILES string of the molecule is COc1ccc([Si](C)(C)[C@H]2[C@H](CC(=O)N3Cc4ccccc4C[C@H]3CO)O[C@@]3(C(=O)N(Cc4cccc(-n5[nH]c6ccccc6c5=O)c4)c4ccc(-n5[nH]c6ccccc6c5=O)cc43)[C@@H]2C)cc1. The van der Waals surface area contributed by atoms with Crippen molar-refractivity contribution in [1.29, 1.82) is 0 Å². The molecule has 2 amide bonds. The number of carbonyl (C=O) groups excluding carboxylic acids is 2.